The van der Waals surface area contributed by atoms with Crippen molar-refractivity contribution in [1.29, 1.82) is 0 Å². The topological polar surface area (TPSA) is 46.3 Å². The highest BCUT2D eigenvalue weighted by Gasteiger charge is 2.22. The van der Waals surface area contributed by atoms with Crippen LogP contribution in [0.2, 0.25) is 5.02 Å². The Morgan fingerprint density at radius 1 is 1.19 bits per heavy atom. The van der Waals surface area contributed by atoms with Crippen LogP contribution in [-0.2, 0) is 24.2 Å². The monoisotopic (exact) mass is 300 g/mol. The molecule has 0 spiro atoms. The Kier molecular flexibility index (Phi) is 3.84. The number of nitrogens with two attached hydrogens (primary N) is 1. The normalized spacial score (nSPS) is 13.9. The smallest absolute Gasteiger partial charge is 0.227 e. The van der Waals surface area contributed by atoms with Crippen LogP contribution in [0.15, 0.2) is 42.5 Å². The van der Waals surface area contributed by atoms with E-state index < -0.39 is 0 Å². The molecule has 1 aliphatic heterocycles. The molecule has 0 saturated carbocycles. The van der Waals surface area contributed by atoms with Crippen molar-refractivity contribution in [3.63, 3.8) is 0 Å². The summed E-state index contributed by atoms with van der Waals surface area (Å²) in [5, 5.41) is 0.641. The van der Waals surface area contributed by atoms with Crippen molar-refractivity contribution in [3.05, 3.63) is 64.2 Å². The second kappa shape index (κ2) is 5.78. The highest BCUT2D eigenvalue weighted by atomic mass is 35.5. The van der Waals surface area contributed by atoms with Crippen LogP contribution >= 0.6 is 11.6 Å². The summed E-state index contributed by atoms with van der Waals surface area (Å²) >= 11 is 6.12. The predicted octanol–water partition coefficient (Wildman–Crippen LogP) is 3.05. The number of rotatable bonds is 2. The van der Waals surface area contributed by atoms with E-state index in [1.807, 2.05) is 41.3 Å². The Hall–Kier alpha value is -2.00. The molecule has 2 N–H and O–H groups in total. The van der Waals surface area contributed by atoms with Gasteiger partial charge in [0.15, 0.2) is 0 Å². The molecular weight excluding hydrogens is 284 g/mol. The summed E-state index contributed by atoms with van der Waals surface area (Å²) in [5.41, 5.74) is 9.99. The first-order valence-corrected chi connectivity index (χ1v) is 7.40. The van der Waals surface area contributed by atoms with Crippen molar-refractivity contribution in [2.75, 3.05) is 12.3 Å². The molecule has 0 fully saturated rings. The average molecular weight is 301 g/mol. The predicted molar refractivity (Wildman–Crippen MR) is 85.1 cm³/mol. The SMILES string of the molecule is Nc1cccc2c1CN(C(=O)Cc1ccccc1Cl)CC2. The molecule has 0 atom stereocenters. The minimum atomic E-state index is 0.0944. The summed E-state index contributed by atoms with van der Waals surface area (Å²) in [6, 6.07) is 13.4. The van der Waals surface area contributed by atoms with E-state index in [-0.39, 0.29) is 5.91 Å². The van der Waals surface area contributed by atoms with Crippen molar-refractivity contribution in [2.24, 2.45) is 0 Å². The third-order valence-electron chi connectivity index (χ3n) is 3.96. The molecule has 0 radical (unpaired) electrons. The first-order valence-electron chi connectivity index (χ1n) is 7.02. The fourth-order valence-corrected chi connectivity index (χ4v) is 2.94. The maximum atomic E-state index is 12.5. The molecule has 1 heterocycles. The van der Waals surface area contributed by atoms with Gasteiger partial charge in [0.1, 0.15) is 0 Å². The Labute approximate surface area is 129 Å². The van der Waals surface area contributed by atoms with E-state index in [9.17, 15) is 4.79 Å². The van der Waals surface area contributed by atoms with E-state index in [2.05, 4.69) is 6.07 Å². The number of anilines is 1. The molecule has 0 aliphatic carbocycles. The maximum Gasteiger partial charge on any atom is 0.227 e. The lowest BCUT2D eigenvalue weighted by Gasteiger charge is -2.30. The molecule has 2 aromatic rings. The first kappa shape index (κ1) is 14.0. The number of amides is 1. The minimum Gasteiger partial charge on any atom is -0.398 e. The van der Waals surface area contributed by atoms with E-state index in [0.29, 0.717) is 18.0 Å². The number of benzene rings is 2. The molecule has 1 aliphatic rings. The Balaban J connectivity index is 1.76. The zero-order valence-electron chi connectivity index (χ0n) is 11.7. The quantitative estimate of drug-likeness (QED) is 0.867. The van der Waals surface area contributed by atoms with Gasteiger partial charge < -0.3 is 10.6 Å². The molecule has 0 bridgehead atoms. The van der Waals surface area contributed by atoms with Crippen molar-refractivity contribution in [2.45, 2.75) is 19.4 Å². The number of carbonyl (C=O) groups excluding carboxylic acids is 1. The molecule has 108 valence electrons. The molecule has 21 heavy (non-hydrogen) atoms. The van der Waals surface area contributed by atoms with E-state index in [0.717, 1.165) is 29.8 Å². The summed E-state index contributed by atoms with van der Waals surface area (Å²) in [6.45, 7) is 1.32. The largest absolute Gasteiger partial charge is 0.398 e. The van der Waals surface area contributed by atoms with Crippen LogP contribution in [0.25, 0.3) is 0 Å². The summed E-state index contributed by atoms with van der Waals surface area (Å²) < 4.78 is 0. The Morgan fingerprint density at radius 3 is 2.81 bits per heavy atom. The van der Waals surface area contributed by atoms with Crippen LogP contribution in [0.3, 0.4) is 0 Å². The summed E-state index contributed by atoms with van der Waals surface area (Å²) in [7, 11) is 0. The van der Waals surface area contributed by atoms with E-state index >= 15 is 0 Å². The van der Waals surface area contributed by atoms with Crippen LogP contribution in [0, 0.1) is 0 Å². The molecule has 3 nitrogen and oxygen atoms in total. The van der Waals surface area contributed by atoms with Crippen molar-refractivity contribution >= 4 is 23.2 Å². The number of hydrogen-bond donors (Lipinski definition) is 1. The van der Waals surface area contributed by atoms with Gasteiger partial charge in [-0.25, -0.2) is 0 Å². The molecular formula is C17H17ClN2O. The Bertz CT molecular complexity index is 684. The number of hydrogen-bond acceptors (Lipinski definition) is 2. The van der Waals surface area contributed by atoms with Gasteiger partial charge >= 0.3 is 0 Å². The van der Waals surface area contributed by atoms with E-state index in [4.69, 9.17) is 17.3 Å². The lowest BCUT2D eigenvalue weighted by Crippen LogP contribution is -2.37. The summed E-state index contributed by atoms with van der Waals surface area (Å²) in [5.74, 6) is 0.0944. The number of halogens is 1. The van der Waals surface area contributed by atoms with Gasteiger partial charge in [-0.2, -0.15) is 0 Å². The zero-order chi connectivity index (χ0) is 14.8. The van der Waals surface area contributed by atoms with Crippen LogP contribution in [0.5, 0.6) is 0 Å². The van der Waals surface area contributed by atoms with Gasteiger partial charge in [0.05, 0.1) is 6.42 Å². The highest BCUT2D eigenvalue weighted by Crippen LogP contribution is 2.25. The van der Waals surface area contributed by atoms with Gasteiger partial charge in [-0.05, 0) is 35.2 Å². The van der Waals surface area contributed by atoms with E-state index in [1.165, 1.54) is 5.56 Å². The van der Waals surface area contributed by atoms with Gasteiger partial charge in [-0.15, -0.1) is 0 Å². The lowest BCUT2D eigenvalue weighted by molar-refractivity contribution is -0.131. The second-order valence-electron chi connectivity index (χ2n) is 5.32. The van der Waals surface area contributed by atoms with Crippen molar-refractivity contribution < 1.29 is 4.79 Å². The molecule has 0 saturated heterocycles. The average Bonchev–Trinajstić information content (AvgIpc) is 2.50. The number of nitrogen functional groups attached to an aromatic ring is 1. The van der Waals surface area contributed by atoms with Gasteiger partial charge in [0.2, 0.25) is 5.91 Å². The second-order valence-corrected chi connectivity index (χ2v) is 5.73. The Morgan fingerprint density at radius 2 is 2.00 bits per heavy atom. The van der Waals surface area contributed by atoms with Crippen molar-refractivity contribution in [1.82, 2.24) is 4.90 Å². The number of carbonyl (C=O) groups is 1. The molecule has 1 amide bonds. The minimum absolute atomic E-state index is 0.0944. The third kappa shape index (κ3) is 2.88. The molecule has 0 unspecified atom stereocenters. The lowest BCUT2D eigenvalue weighted by atomic mass is 9.97. The van der Waals surface area contributed by atoms with E-state index in [1.54, 1.807) is 0 Å². The van der Waals surface area contributed by atoms with Crippen LogP contribution in [-0.4, -0.2) is 17.4 Å². The third-order valence-corrected chi connectivity index (χ3v) is 4.33. The first-order chi connectivity index (χ1) is 10.1. The van der Waals surface area contributed by atoms with Gasteiger partial charge in [-0.1, -0.05) is 41.9 Å². The fourth-order valence-electron chi connectivity index (χ4n) is 2.74. The fraction of sp³-hybridized carbons (Fsp3) is 0.235. The van der Waals surface area contributed by atoms with Crippen molar-refractivity contribution in [3.8, 4) is 0 Å². The van der Waals surface area contributed by atoms with Gasteiger partial charge in [0, 0.05) is 23.8 Å². The van der Waals surface area contributed by atoms with Crippen LogP contribution in [0.1, 0.15) is 16.7 Å². The number of fused-ring (bicyclic) bond motifs is 1. The number of nitrogens with zero attached hydrogens (tertiary/aromatic N) is 1. The molecule has 3 rings (SSSR count). The van der Waals surface area contributed by atoms with Crippen LogP contribution in [0.4, 0.5) is 5.69 Å². The van der Waals surface area contributed by atoms with Crippen LogP contribution < -0.4 is 5.73 Å². The van der Waals surface area contributed by atoms with Gasteiger partial charge in [-0.3, -0.25) is 4.79 Å². The standard InChI is InChI=1S/C17H17ClN2O/c18-15-6-2-1-4-13(15)10-17(21)20-9-8-12-5-3-7-16(19)14(12)11-20/h1-7H,8-11,19H2. The summed E-state index contributed by atoms with van der Waals surface area (Å²) in [6.07, 6.45) is 1.19. The zero-order valence-corrected chi connectivity index (χ0v) is 12.4. The summed E-state index contributed by atoms with van der Waals surface area (Å²) in [4.78, 5) is 14.3. The van der Waals surface area contributed by atoms with Gasteiger partial charge in [0.25, 0.3) is 0 Å². The highest BCUT2D eigenvalue weighted by molar-refractivity contribution is 6.31. The maximum absolute atomic E-state index is 12.5. The molecule has 0 aromatic heterocycles. The molecule has 4 heteroatoms. The molecule has 2 aromatic carbocycles.